The predicted octanol–water partition coefficient (Wildman–Crippen LogP) is 5.04. The maximum Gasteiger partial charge on any atom is 0.416 e. The van der Waals surface area contributed by atoms with Gasteiger partial charge in [-0.2, -0.15) is 13.2 Å². The molecule has 2 N–H and O–H groups in total. The summed E-state index contributed by atoms with van der Waals surface area (Å²) in [5.41, 5.74) is -1.13. The van der Waals surface area contributed by atoms with Crippen molar-refractivity contribution in [1.82, 2.24) is 5.32 Å². The van der Waals surface area contributed by atoms with E-state index in [-0.39, 0.29) is 11.1 Å². The minimum atomic E-state index is -4.43. The van der Waals surface area contributed by atoms with E-state index >= 15 is 0 Å². The van der Waals surface area contributed by atoms with Crippen LogP contribution in [0.1, 0.15) is 46.6 Å². The first-order valence-corrected chi connectivity index (χ1v) is 7.05. The molecule has 0 unspecified atom stereocenters. The Bertz CT molecular complexity index is 531. The predicted molar refractivity (Wildman–Crippen MR) is 81.7 cm³/mol. The summed E-state index contributed by atoms with van der Waals surface area (Å²) in [6.07, 6.45) is -3.70. The quantitative estimate of drug-likeness (QED) is 0.805. The minimum Gasteiger partial charge on any atom is -0.333 e. The van der Waals surface area contributed by atoms with E-state index in [1.165, 1.54) is 12.1 Å². The van der Waals surface area contributed by atoms with Gasteiger partial charge in [0.15, 0.2) is 0 Å². The van der Waals surface area contributed by atoms with Crippen molar-refractivity contribution in [3.05, 3.63) is 29.8 Å². The first-order valence-electron chi connectivity index (χ1n) is 7.05. The number of amides is 2. The maximum atomic E-state index is 12.6. The molecule has 0 fully saturated rings. The zero-order chi connectivity index (χ0) is 17.2. The summed E-state index contributed by atoms with van der Waals surface area (Å²) in [6.45, 7) is 9.93. The summed E-state index contributed by atoms with van der Waals surface area (Å²) in [5.74, 6) is 0. The number of hydrogen-bond donors (Lipinski definition) is 2. The van der Waals surface area contributed by atoms with Crippen molar-refractivity contribution < 1.29 is 18.0 Å². The average Bonchev–Trinajstić information content (AvgIpc) is 2.23. The van der Waals surface area contributed by atoms with Crippen LogP contribution in [0.5, 0.6) is 0 Å². The SMILES string of the molecule is CC(C)(C)CC(C)(C)NC(=O)Nc1cccc(C(F)(F)F)c1. The van der Waals surface area contributed by atoms with E-state index in [0.717, 1.165) is 18.6 Å². The van der Waals surface area contributed by atoms with Crippen molar-refractivity contribution in [3.8, 4) is 0 Å². The lowest BCUT2D eigenvalue weighted by Gasteiger charge is -2.33. The van der Waals surface area contributed by atoms with Gasteiger partial charge in [-0.3, -0.25) is 0 Å². The Hall–Kier alpha value is -1.72. The second kappa shape index (κ2) is 6.18. The van der Waals surface area contributed by atoms with Gasteiger partial charge >= 0.3 is 12.2 Å². The Morgan fingerprint density at radius 3 is 2.18 bits per heavy atom. The lowest BCUT2D eigenvalue weighted by molar-refractivity contribution is -0.137. The van der Waals surface area contributed by atoms with Crippen LogP contribution in [-0.2, 0) is 6.18 Å². The number of carbonyl (C=O) groups excluding carboxylic acids is 1. The summed E-state index contributed by atoms with van der Waals surface area (Å²) in [7, 11) is 0. The fraction of sp³-hybridized carbons (Fsp3) is 0.562. The highest BCUT2D eigenvalue weighted by molar-refractivity contribution is 5.89. The lowest BCUT2D eigenvalue weighted by atomic mass is 9.82. The molecule has 0 saturated heterocycles. The molecule has 0 aliphatic rings. The van der Waals surface area contributed by atoms with Crippen molar-refractivity contribution in [1.29, 1.82) is 0 Å². The van der Waals surface area contributed by atoms with Gasteiger partial charge in [0.05, 0.1) is 5.56 Å². The molecule has 0 radical (unpaired) electrons. The highest BCUT2D eigenvalue weighted by Crippen LogP contribution is 2.31. The Kier molecular flexibility index (Phi) is 5.15. The van der Waals surface area contributed by atoms with Crippen LogP contribution < -0.4 is 10.6 Å². The van der Waals surface area contributed by atoms with Crippen LogP contribution >= 0.6 is 0 Å². The summed E-state index contributed by atoms with van der Waals surface area (Å²) in [5, 5.41) is 5.23. The van der Waals surface area contributed by atoms with Crippen LogP contribution in [-0.4, -0.2) is 11.6 Å². The third kappa shape index (κ3) is 6.37. The van der Waals surface area contributed by atoms with Gasteiger partial charge in [0, 0.05) is 11.2 Å². The molecule has 0 bridgehead atoms. The number of alkyl halides is 3. The van der Waals surface area contributed by atoms with Crippen LogP contribution in [0.15, 0.2) is 24.3 Å². The zero-order valence-corrected chi connectivity index (χ0v) is 13.6. The fourth-order valence-corrected chi connectivity index (χ4v) is 2.61. The van der Waals surface area contributed by atoms with E-state index in [1.807, 2.05) is 13.8 Å². The molecule has 1 rings (SSSR count). The molecule has 2 amide bonds. The van der Waals surface area contributed by atoms with Gasteiger partial charge in [0.2, 0.25) is 0 Å². The molecule has 3 nitrogen and oxygen atoms in total. The Morgan fingerprint density at radius 2 is 1.68 bits per heavy atom. The van der Waals surface area contributed by atoms with Gasteiger partial charge in [-0.05, 0) is 43.9 Å². The van der Waals surface area contributed by atoms with Crippen molar-refractivity contribution >= 4 is 11.7 Å². The molecule has 0 aliphatic heterocycles. The molecule has 6 heteroatoms. The number of hydrogen-bond acceptors (Lipinski definition) is 1. The summed E-state index contributed by atoms with van der Waals surface area (Å²) >= 11 is 0. The molecule has 124 valence electrons. The number of benzene rings is 1. The molecule has 0 aliphatic carbocycles. The third-order valence-electron chi connectivity index (χ3n) is 2.87. The van der Waals surface area contributed by atoms with Crippen molar-refractivity contribution in [2.24, 2.45) is 5.41 Å². The molecule has 0 aromatic heterocycles. The van der Waals surface area contributed by atoms with E-state index in [1.54, 1.807) is 0 Å². The Labute approximate surface area is 129 Å². The number of nitrogens with one attached hydrogen (secondary N) is 2. The largest absolute Gasteiger partial charge is 0.416 e. The number of urea groups is 1. The molecule has 0 spiro atoms. The number of rotatable bonds is 3. The zero-order valence-electron chi connectivity index (χ0n) is 13.6. The van der Waals surface area contributed by atoms with E-state index in [9.17, 15) is 18.0 Å². The van der Waals surface area contributed by atoms with E-state index in [2.05, 4.69) is 31.4 Å². The van der Waals surface area contributed by atoms with Crippen LogP contribution in [0.4, 0.5) is 23.7 Å². The topological polar surface area (TPSA) is 41.1 Å². The van der Waals surface area contributed by atoms with Crippen LogP contribution in [0, 0.1) is 5.41 Å². The van der Waals surface area contributed by atoms with Gasteiger partial charge in [0.1, 0.15) is 0 Å². The number of halogens is 3. The molecule has 0 heterocycles. The van der Waals surface area contributed by atoms with Gasteiger partial charge in [-0.1, -0.05) is 26.8 Å². The molecule has 1 aromatic carbocycles. The standard InChI is InChI=1S/C16H23F3N2O/c1-14(2,3)10-15(4,5)21-13(22)20-12-8-6-7-11(9-12)16(17,18)19/h6-9H,10H2,1-5H3,(H2,20,21,22). The molecule has 22 heavy (non-hydrogen) atoms. The van der Waals surface area contributed by atoms with Crippen LogP contribution in [0.3, 0.4) is 0 Å². The first kappa shape index (κ1) is 18.3. The average molecular weight is 316 g/mol. The normalized spacial score (nSPS) is 12.9. The second-order valence-corrected chi connectivity index (χ2v) is 7.28. The molecular weight excluding hydrogens is 293 g/mol. The van der Waals surface area contributed by atoms with Gasteiger partial charge in [-0.15, -0.1) is 0 Å². The second-order valence-electron chi connectivity index (χ2n) is 7.28. The number of carbonyl (C=O) groups is 1. The van der Waals surface area contributed by atoms with Crippen molar-refractivity contribution in [3.63, 3.8) is 0 Å². The fourth-order valence-electron chi connectivity index (χ4n) is 2.61. The lowest BCUT2D eigenvalue weighted by Crippen LogP contribution is -2.47. The van der Waals surface area contributed by atoms with Gasteiger partial charge < -0.3 is 10.6 Å². The highest BCUT2D eigenvalue weighted by Gasteiger charge is 2.31. The summed E-state index contributed by atoms with van der Waals surface area (Å²) in [6, 6.07) is 4.04. The van der Waals surface area contributed by atoms with Gasteiger partial charge in [-0.25, -0.2) is 4.79 Å². The Morgan fingerprint density at radius 1 is 1.09 bits per heavy atom. The molecular formula is C16H23F3N2O. The highest BCUT2D eigenvalue weighted by atomic mass is 19.4. The molecule has 0 atom stereocenters. The minimum absolute atomic E-state index is 0.0208. The van der Waals surface area contributed by atoms with Gasteiger partial charge in [0.25, 0.3) is 0 Å². The van der Waals surface area contributed by atoms with Crippen molar-refractivity contribution in [2.45, 2.75) is 52.8 Å². The Balaban J connectivity index is 2.74. The third-order valence-corrected chi connectivity index (χ3v) is 2.87. The maximum absolute atomic E-state index is 12.6. The van der Waals surface area contributed by atoms with E-state index < -0.39 is 23.3 Å². The summed E-state index contributed by atoms with van der Waals surface area (Å²) < 4.78 is 37.9. The monoisotopic (exact) mass is 316 g/mol. The molecule has 1 aromatic rings. The summed E-state index contributed by atoms with van der Waals surface area (Å²) in [4.78, 5) is 12.0. The van der Waals surface area contributed by atoms with E-state index in [4.69, 9.17) is 0 Å². The van der Waals surface area contributed by atoms with Crippen molar-refractivity contribution in [2.75, 3.05) is 5.32 Å². The first-order chi connectivity index (χ1) is 9.78. The number of anilines is 1. The van der Waals surface area contributed by atoms with Crippen LogP contribution in [0.25, 0.3) is 0 Å². The smallest absolute Gasteiger partial charge is 0.333 e. The molecule has 0 saturated carbocycles. The van der Waals surface area contributed by atoms with Crippen LogP contribution in [0.2, 0.25) is 0 Å². The van der Waals surface area contributed by atoms with E-state index in [0.29, 0.717) is 0 Å².